The SMILES string of the molecule is CCN(c1ncnc(Nc2ccccc2C)c1N)c1cccc2ccccc12. The predicted molar refractivity (Wildman–Crippen MR) is 118 cm³/mol. The van der Waals surface area contributed by atoms with Crippen molar-refractivity contribution in [3.8, 4) is 0 Å². The van der Waals surface area contributed by atoms with E-state index in [-0.39, 0.29) is 0 Å². The summed E-state index contributed by atoms with van der Waals surface area (Å²) in [6, 6.07) is 22.7. The molecule has 140 valence electrons. The molecule has 1 aromatic heterocycles. The number of hydrogen-bond donors (Lipinski definition) is 2. The Morgan fingerprint density at radius 3 is 2.50 bits per heavy atom. The van der Waals surface area contributed by atoms with Gasteiger partial charge in [0.05, 0.1) is 5.69 Å². The van der Waals surface area contributed by atoms with Gasteiger partial charge in [0.2, 0.25) is 0 Å². The maximum atomic E-state index is 6.51. The third kappa shape index (κ3) is 3.22. The molecule has 4 rings (SSSR count). The van der Waals surface area contributed by atoms with Crippen LogP contribution in [0.5, 0.6) is 0 Å². The molecule has 0 atom stereocenters. The molecule has 0 aliphatic rings. The zero-order valence-corrected chi connectivity index (χ0v) is 16.1. The lowest BCUT2D eigenvalue weighted by Crippen LogP contribution is -2.20. The van der Waals surface area contributed by atoms with Crippen LogP contribution in [0.1, 0.15) is 12.5 Å². The van der Waals surface area contributed by atoms with Crippen LogP contribution in [0.3, 0.4) is 0 Å². The smallest absolute Gasteiger partial charge is 0.161 e. The van der Waals surface area contributed by atoms with Gasteiger partial charge in [0.1, 0.15) is 12.0 Å². The minimum atomic E-state index is 0.528. The summed E-state index contributed by atoms with van der Waals surface area (Å²) in [6.07, 6.45) is 1.56. The van der Waals surface area contributed by atoms with Crippen LogP contribution < -0.4 is 16.0 Å². The molecule has 4 aromatic rings. The highest BCUT2D eigenvalue weighted by Crippen LogP contribution is 2.36. The van der Waals surface area contributed by atoms with Gasteiger partial charge < -0.3 is 16.0 Å². The fraction of sp³-hybridized carbons (Fsp3) is 0.130. The summed E-state index contributed by atoms with van der Waals surface area (Å²) in [4.78, 5) is 11.0. The fourth-order valence-corrected chi connectivity index (χ4v) is 3.42. The Morgan fingerprint density at radius 2 is 1.68 bits per heavy atom. The van der Waals surface area contributed by atoms with E-state index in [2.05, 4.69) is 70.4 Å². The molecule has 3 N–H and O–H groups in total. The van der Waals surface area contributed by atoms with E-state index < -0.39 is 0 Å². The Labute approximate surface area is 164 Å². The van der Waals surface area contributed by atoms with Crippen molar-refractivity contribution in [2.75, 3.05) is 22.5 Å². The first-order chi connectivity index (χ1) is 13.7. The van der Waals surface area contributed by atoms with E-state index >= 15 is 0 Å². The molecule has 1 heterocycles. The monoisotopic (exact) mass is 369 g/mol. The highest BCUT2D eigenvalue weighted by molar-refractivity contribution is 5.97. The lowest BCUT2D eigenvalue weighted by molar-refractivity contribution is 0.985. The standard InChI is InChI=1S/C23H23N5/c1-3-28(20-14-8-11-17-10-5-6-12-18(17)20)23-21(24)22(25-15-26-23)27-19-13-7-4-9-16(19)2/h4-15H,3,24H2,1-2H3,(H,25,26,27). The second kappa shape index (κ2) is 7.56. The molecule has 0 unspecified atom stereocenters. The number of anilines is 5. The molecule has 0 saturated carbocycles. The average Bonchev–Trinajstić information content (AvgIpc) is 2.73. The van der Waals surface area contributed by atoms with Crippen molar-refractivity contribution in [1.82, 2.24) is 9.97 Å². The maximum Gasteiger partial charge on any atom is 0.161 e. The van der Waals surface area contributed by atoms with Gasteiger partial charge in [-0.05, 0) is 36.9 Å². The number of nitrogens with one attached hydrogen (secondary N) is 1. The maximum absolute atomic E-state index is 6.51. The lowest BCUT2D eigenvalue weighted by Gasteiger charge is -2.25. The molecule has 0 spiro atoms. The second-order valence-corrected chi connectivity index (χ2v) is 6.64. The van der Waals surface area contributed by atoms with Crippen LogP contribution in [0.4, 0.5) is 28.7 Å². The van der Waals surface area contributed by atoms with Crippen LogP contribution in [0.2, 0.25) is 0 Å². The molecule has 5 nitrogen and oxygen atoms in total. The first-order valence-electron chi connectivity index (χ1n) is 9.37. The van der Waals surface area contributed by atoms with Gasteiger partial charge in [-0.2, -0.15) is 0 Å². The summed E-state index contributed by atoms with van der Waals surface area (Å²) in [5, 5.41) is 5.70. The molecular formula is C23H23N5. The number of nitrogen functional groups attached to an aromatic ring is 1. The van der Waals surface area contributed by atoms with Gasteiger partial charge in [0.15, 0.2) is 11.6 Å². The molecule has 0 aliphatic heterocycles. The first-order valence-corrected chi connectivity index (χ1v) is 9.37. The summed E-state index contributed by atoms with van der Waals surface area (Å²) < 4.78 is 0. The van der Waals surface area contributed by atoms with Gasteiger partial charge in [-0.15, -0.1) is 0 Å². The Kier molecular flexibility index (Phi) is 4.81. The summed E-state index contributed by atoms with van der Waals surface area (Å²) in [5.41, 5.74) is 10.2. The number of hydrogen-bond acceptors (Lipinski definition) is 5. The van der Waals surface area contributed by atoms with E-state index in [0.717, 1.165) is 23.5 Å². The number of rotatable bonds is 5. The molecule has 3 aromatic carbocycles. The minimum Gasteiger partial charge on any atom is -0.393 e. The summed E-state index contributed by atoms with van der Waals surface area (Å²) in [5.74, 6) is 1.31. The van der Waals surface area contributed by atoms with E-state index in [1.807, 2.05) is 30.3 Å². The van der Waals surface area contributed by atoms with Gasteiger partial charge in [-0.25, -0.2) is 9.97 Å². The number of para-hydroxylation sites is 1. The van der Waals surface area contributed by atoms with Crippen molar-refractivity contribution in [3.63, 3.8) is 0 Å². The van der Waals surface area contributed by atoms with E-state index in [1.54, 1.807) is 6.33 Å². The number of nitrogens with two attached hydrogens (primary N) is 1. The van der Waals surface area contributed by atoms with E-state index in [1.165, 1.54) is 10.8 Å². The fourth-order valence-electron chi connectivity index (χ4n) is 3.42. The highest BCUT2D eigenvalue weighted by Gasteiger charge is 2.17. The molecule has 0 aliphatic carbocycles. The van der Waals surface area contributed by atoms with E-state index in [4.69, 9.17) is 5.73 Å². The highest BCUT2D eigenvalue weighted by atomic mass is 15.2. The quantitative estimate of drug-likeness (QED) is 0.491. The van der Waals surface area contributed by atoms with Crippen molar-refractivity contribution in [2.24, 2.45) is 0 Å². The number of nitrogens with zero attached hydrogens (tertiary/aromatic N) is 3. The van der Waals surface area contributed by atoms with Crippen LogP contribution in [-0.4, -0.2) is 16.5 Å². The van der Waals surface area contributed by atoms with Gasteiger partial charge in [0, 0.05) is 17.6 Å². The third-order valence-electron chi connectivity index (χ3n) is 4.89. The molecular weight excluding hydrogens is 346 g/mol. The number of aryl methyl sites for hydroxylation is 1. The normalized spacial score (nSPS) is 10.8. The molecule has 5 heteroatoms. The number of aromatic nitrogens is 2. The average molecular weight is 369 g/mol. The van der Waals surface area contributed by atoms with Crippen molar-refractivity contribution in [3.05, 3.63) is 78.6 Å². The van der Waals surface area contributed by atoms with Crippen LogP contribution in [0, 0.1) is 6.92 Å². The van der Waals surface area contributed by atoms with Crippen molar-refractivity contribution < 1.29 is 0 Å². The van der Waals surface area contributed by atoms with E-state index in [0.29, 0.717) is 17.3 Å². The van der Waals surface area contributed by atoms with Gasteiger partial charge in [-0.3, -0.25) is 0 Å². The van der Waals surface area contributed by atoms with Crippen molar-refractivity contribution in [1.29, 1.82) is 0 Å². The largest absolute Gasteiger partial charge is 0.393 e. The zero-order valence-electron chi connectivity index (χ0n) is 16.1. The van der Waals surface area contributed by atoms with Crippen LogP contribution in [-0.2, 0) is 0 Å². The third-order valence-corrected chi connectivity index (χ3v) is 4.89. The number of fused-ring (bicyclic) bond motifs is 1. The molecule has 0 radical (unpaired) electrons. The van der Waals surface area contributed by atoms with Crippen molar-refractivity contribution in [2.45, 2.75) is 13.8 Å². The second-order valence-electron chi connectivity index (χ2n) is 6.64. The van der Waals surface area contributed by atoms with Crippen molar-refractivity contribution >= 4 is 39.5 Å². The molecule has 0 fully saturated rings. The lowest BCUT2D eigenvalue weighted by atomic mass is 10.1. The molecule has 0 bridgehead atoms. The van der Waals surface area contributed by atoms with E-state index in [9.17, 15) is 0 Å². The molecule has 28 heavy (non-hydrogen) atoms. The minimum absolute atomic E-state index is 0.528. The number of benzene rings is 3. The first kappa shape index (κ1) is 17.8. The summed E-state index contributed by atoms with van der Waals surface area (Å²) in [7, 11) is 0. The zero-order chi connectivity index (χ0) is 19.5. The Morgan fingerprint density at radius 1 is 0.929 bits per heavy atom. The van der Waals surface area contributed by atoms with Crippen LogP contribution in [0.15, 0.2) is 73.1 Å². The summed E-state index contributed by atoms with van der Waals surface area (Å²) >= 11 is 0. The van der Waals surface area contributed by atoms with Gasteiger partial charge in [0.25, 0.3) is 0 Å². The van der Waals surface area contributed by atoms with Crippen LogP contribution >= 0.6 is 0 Å². The predicted octanol–water partition coefficient (Wildman–Crippen LogP) is 5.42. The summed E-state index contributed by atoms with van der Waals surface area (Å²) in [6.45, 7) is 4.88. The van der Waals surface area contributed by atoms with Crippen LogP contribution in [0.25, 0.3) is 10.8 Å². The van der Waals surface area contributed by atoms with Gasteiger partial charge >= 0.3 is 0 Å². The Hall–Kier alpha value is -3.60. The topological polar surface area (TPSA) is 67.1 Å². The Bertz CT molecular complexity index is 1120. The Balaban J connectivity index is 1.78. The van der Waals surface area contributed by atoms with Gasteiger partial charge in [-0.1, -0.05) is 54.6 Å². The molecule has 0 amide bonds. The molecule has 0 saturated heterocycles.